The van der Waals surface area contributed by atoms with Gasteiger partial charge in [-0.3, -0.25) is 14.1 Å². The third-order valence-electron chi connectivity index (χ3n) is 5.57. The van der Waals surface area contributed by atoms with Crippen molar-refractivity contribution in [3.05, 3.63) is 74.8 Å². The van der Waals surface area contributed by atoms with Crippen LogP contribution in [0.2, 0.25) is 5.02 Å². The van der Waals surface area contributed by atoms with Crippen LogP contribution in [0.4, 0.5) is 5.69 Å². The number of anilines is 1. The molecule has 0 spiro atoms. The summed E-state index contributed by atoms with van der Waals surface area (Å²) in [7, 11) is 0. The van der Waals surface area contributed by atoms with E-state index in [-0.39, 0.29) is 5.56 Å². The number of aromatic nitrogens is 2. The first kappa shape index (κ1) is 19.0. The Bertz CT molecular complexity index is 1050. The number of fused-ring (bicyclic) bond motifs is 1. The van der Waals surface area contributed by atoms with Crippen LogP contribution in [-0.2, 0) is 6.42 Å². The van der Waals surface area contributed by atoms with Gasteiger partial charge in [0, 0.05) is 60.4 Å². The van der Waals surface area contributed by atoms with E-state index in [1.165, 1.54) is 5.69 Å². The fourth-order valence-electron chi connectivity index (χ4n) is 3.94. The van der Waals surface area contributed by atoms with Crippen molar-refractivity contribution in [3.8, 4) is 0 Å². The van der Waals surface area contributed by atoms with Gasteiger partial charge in [0.1, 0.15) is 5.65 Å². The summed E-state index contributed by atoms with van der Waals surface area (Å²) in [5, 5.41) is 0.773. The van der Waals surface area contributed by atoms with Crippen molar-refractivity contribution in [1.82, 2.24) is 14.3 Å². The minimum Gasteiger partial charge on any atom is -0.369 e. The second-order valence-corrected chi connectivity index (χ2v) is 7.84. The van der Waals surface area contributed by atoms with Gasteiger partial charge in [0.05, 0.1) is 0 Å². The quantitative estimate of drug-likeness (QED) is 0.678. The molecule has 1 saturated heterocycles. The van der Waals surface area contributed by atoms with E-state index in [0.29, 0.717) is 0 Å². The molecular formula is C22H25ClN4O. The lowest BCUT2D eigenvalue weighted by Gasteiger charge is -2.36. The molecule has 0 aliphatic carbocycles. The second-order valence-electron chi connectivity index (χ2n) is 7.40. The van der Waals surface area contributed by atoms with Crippen molar-refractivity contribution in [2.45, 2.75) is 20.3 Å². The first-order chi connectivity index (χ1) is 13.5. The van der Waals surface area contributed by atoms with E-state index >= 15 is 0 Å². The zero-order chi connectivity index (χ0) is 19.7. The Morgan fingerprint density at radius 2 is 1.79 bits per heavy atom. The highest BCUT2D eigenvalue weighted by molar-refractivity contribution is 6.30. The number of halogens is 1. The first-order valence-corrected chi connectivity index (χ1v) is 10.1. The SMILES string of the molecule is Cc1nc2cccc(C)n2c(=O)c1CCN1CCN(c2cccc(Cl)c2)CC1. The predicted octanol–water partition coefficient (Wildman–Crippen LogP) is 3.33. The van der Waals surface area contributed by atoms with Crippen molar-refractivity contribution < 1.29 is 0 Å². The molecule has 3 heterocycles. The largest absolute Gasteiger partial charge is 0.369 e. The number of rotatable bonds is 4. The highest BCUT2D eigenvalue weighted by atomic mass is 35.5. The maximum absolute atomic E-state index is 13.0. The van der Waals surface area contributed by atoms with Gasteiger partial charge in [-0.2, -0.15) is 0 Å². The van der Waals surface area contributed by atoms with Crippen LogP contribution in [0.25, 0.3) is 5.65 Å². The molecule has 0 radical (unpaired) electrons. The van der Waals surface area contributed by atoms with Gasteiger partial charge in [-0.1, -0.05) is 23.7 Å². The molecule has 3 aromatic rings. The summed E-state index contributed by atoms with van der Waals surface area (Å²) < 4.78 is 1.72. The standard InChI is InChI=1S/C22H25ClN4O/c1-16-5-3-8-21-24-17(2)20(22(28)27(16)21)9-10-25-11-13-26(14-12-25)19-7-4-6-18(23)15-19/h3-8,15H,9-14H2,1-2H3. The Morgan fingerprint density at radius 1 is 1.04 bits per heavy atom. The lowest BCUT2D eigenvalue weighted by molar-refractivity contribution is 0.260. The molecule has 2 aromatic heterocycles. The Morgan fingerprint density at radius 3 is 2.54 bits per heavy atom. The predicted molar refractivity (Wildman–Crippen MR) is 115 cm³/mol. The molecule has 4 rings (SSSR count). The maximum Gasteiger partial charge on any atom is 0.261 e. The number of piperazine rings is 1. The monoisotopic (exact) mass is 396 g/mol. The fourth-order valence-corrected chi connectivity index (χ4v) is 4.13. The van der Waals surface area contributed by atoms with Crippen LogP contribution in [-0.4, -0.2) is 47.0 Å². The van der Waals surface area contributed by atoms with E-state index in [0.717, 1.165) is 66.8 Å². The van der Waals surface area contributed by atoms with E-state index < -0.39 is 0 Å². The smallest absolute Gasteiger partial charge is 0.261 e. The van der Waals surface area contributed by atoms with E-state index in [9.17, 15) is 4.79 Å². The van der Waals surface area contributed by atoms with E-state index in [4.69, 9.17) is 11.6 Å². The Balaban J connectivity index is 1.43. The molecule has 6 heteroatoms. The average molecular weight is 397 g/mol. The molecular weight excluding hydrogens is 372 g/mol. The van der Waals surface area contributed by atoms with E-state index in [1.54, 1.807) is 4.40 Å². The average Bonchev–Trinajstić information content (AvgIpc) is 2.68. The van der Waals surface area contributed by atoms with Crippen LogP contribution in [0.5, 0.6) is 0 Å². The summed E-state index contributed by atoms with van der Waals surface area (Å²) in [6, 6.07) is 13.8. The van der Waals surface area contributed by atoms with Crippen molar-refractivity contribution in [2.75, 3.05) is 37.6 Å². The van der Waals surface area contributed by atoms with Gasteiger partial charge in [-0.25, -0.2) is 4.98 Å². The Labute approximate surface area is 170 Å². The normalized spacial score (nSPS) is 15.3. The highest BCUT2D eigenvalue weighted by Gasteiger charge is 2.19. The van der Waals surface area contributed by atoms with Crippen LogP contribution >= 0.6 is 11.6 Å². The molecule has 5 nitrogen and oxygen atoms in total. The van der Waals surface area contributed by atoms with Crippen LogP contribution in [0.15, 0.2) is 47.3 Å². The first-order valence-electron chi connectivity index (χ1n) is 9.73. The number of nitrogens with zero attached hydrogens (tertiary/aromatic N) is 4. The van der Waals surface area contributed by atoms with Crippen LogP contribution in [0, 0.1) is 13.8 Å². The van der Waals surface area contributed by atoms with Crippen LogP contribution < -0.4 is 10.5 Å². The summed E-state index contributed by atoms with van der Waals surface area (Å²) in [4.78, 5) is 22.4. The molecule has 0 atom stereocenters. The molecule has 28 heavy (non-hydrogen) atoms. The minimum absolute atomic E-state index is 0.0677. The van der Waals surface area contributed by atoms with E-state index in [2.05, 4.69) is 20.9 Å². The van der Waals surface area contributed by atoms with Gasteiger partial charge in [0.15, 0.2) is 0 Å². The van der Waals surface area contributed by atoms with Gasteiger partial charge in [-0.05, 0) is 50.6 Å². The number of aryl methyl sites for hydroxylation is 2. The molecule has 1 fully saturated rings. The fraction of sp³-hybridized carbons (Fsp3) is 0.364. The van der Waals surface area contributed by atoms with Gasteiger partial charge in [0.25, 0.3) is 5.56 Å². The zero-order valence-corrected chi connectivity index (χ0v) is 17.1. The third-order valence-corrected chi connectivity index (χ3v) is 5.80. The third kappa shape index (κ3) is 3.77. The molecule has 146 valence electrons. The number of benzene rings is 1. The molecule has 1 aromatic carbocycles. The minimum atomic E-state index is 0.0677. The number of hydrogen-bond acceptors (Lipinski definition) is 4. The molecule has 0 bridgehead atoms. The number of pyridine rings is 1. The molecule has 0 amide bonds. The summed E-state index contributed by atoms with van der Waals surface area (Å²) in [6.07, 6.45) is 0.728. The number of hydrogen-bond donors (Lipinski definition) is 0. The summed E-state index contributed by atoms with van der Waals surface area (Å²) in [5.74, 6) is 0. The van der Waals surface area contributed by atoms with Crippen molar-refractivity contribution in [2.24, 2.45) is 0 Å². The van der Waals surface area contributed by atoms with Crippen LogP contribution in [0.3, 0.4) is 0 Å². The Hall–Kier alpha value is -2.37. The zero-order valence-electron chi connectivity index (χ0n) is 16.4. The van der Waals surface area contributed by atoms with Crippen LogP contribution in [0.1, 0.15) is 17.0 Å². The highest BCUT2D eigenvalue weighted by Crippen LogP contribution is 2.21. The molecule has 0 unspecified atom stereocenters. The van der Waals surface area contributed by atoms with Crippen molar-refractivity contribution >= 4 is 22.9 Å². The summed E-state index contributed by atoms with van der Waals surface area (Å²) in [6.45, 7) is 8.65. The molecule has 1 aliphatic rings. The second kappa shape index (κ2) is 7.94. The molecule has 0 N–H and O–H groups in total. The topological polar surface area (TPSA) is 40.9 Å². The van der Waals surface area contributed by atoms with E-state index in [1.807, 2.05) is 50.2 Å². The van der Waals surface area contributed by atoms with Crippen molar-refractivity contribution in [1.29, 1.82) is 0 Å². The van der Waals surface area contributed by atoms with Gasteiger partial charge >= 0.3 is 0 Å². The van der Waals surface area contributed by atoms with Gasteiger partial charge in [0.2, 0.25) is 0 Å². The Kier molecular flexibility index (Phi) is 5.38. The van der Waals surface area contributed by atoms with Crippen molar-refractivity contribution in [3.63, 3.8) is 0 Å². The molecule has 0 saturated carbocycles. The summed E-state index contributed by atoms with van der Waals surface area (Å²) >= 11 is 6.12. The maximum atomic E-state index is 13.0. The molecule has 1 aliphatic heterocycles. The summed E-state index contributed by atoms with van der Waals surface area (Å²) in [5.41, 5.74) is 4.55. The lowest BCUT2D eigenvalue weighted by atomic mass is 10.1. The van der Waals surface area contributed by atoms with Gasteiger partial charge < -0.3 is 4.90 Å². The lowest BCUT2D eigenvalue weighted by Crippen LogP contribution is -2.47. The van der Waals surface area contributed by atoms with Gasteiger partial charge in [-0.15, -0.1) is 0 Å².